The molecular formula is C22H17BrN4O2S. The lowest BCUT2D eigenvalue weighted by atomic mass is 10.1. The van der Waals surface area contributed by atoms with Gasteiger partial charge in [-0.15, -0.1) is 5.10 Å². The lowest BCUT2D eigenvalue weighted by Crippen LogP contribution is -2.32. The number of aromatic nitrogens is 3. The summed E-state index contributed by atoms with van der Waals surface area (Å²) >= 11 is 4.69. The zero-order valence-corrected chi connectivity index (χ0v) is 18.7. The second-order valence-corrected chi connectivity index (χ2v) is 9.12. The Morgan fingerprint density at radius 1 is 1.13 bits per heavy atom. The van der Waals surface area contributed by atoms with Gasteiger partial charge in [-0.3, -0.25) is 9.59 Å². The maximum Gasteiger partial charge on any atom is 0.291 e. The normalized spacial score (nSPS) is 15.3. The summed E-state index contributed by atoms with van der Waals surface area (Å²) in [6.45, 7) is 4.63. The Kier molecular flexibility index (Phi) is 4.56. The van der Waals surface area contributed by atoms with E-state index in [0.717, 1.165) is 33.3 Å². The molecule has 0 aliphatic carbocycles. The van der Waals surface area contributed by atoms with Crippen molar-refractivity contribution >= 4 is 49.4 Å². The number of thiazole rings is 1. The van der Waals surface area contributed by atoms with E-state index < -0.39 is 0 Å². The number of carbonyl (C=O) groups excluding carboxylic acids is 1. The van der Waals surface area contributed by atoms with Crippen molar-refractivity contribution in [3.63, 3.8) is 0 Å². The van der Waals surface area contributed by atoms with Gasteiger partial charge in [-0.2, -0.15) is 9.50 Å². The Labute approximate surface area is 184 Å². The Balaban J connectivity index is 1.74. The summed E-state index contributed by atoms with van der Waals surface area (Å²) in [5, 5.41) is 4.43. The molecule has 0 spiro atoms. The molecule has 4 aromatic rings. The first-order valence-corrected chi connectivity index (χ1v) is 11.2. The number of rotatable bonds is 3. The van der Waals surface area contributed by atoms with Gasteiger partial charge >= 0.3 is 0 Å². The zero-order valence-electron chi connectivity index (χ0n) is 16.3. The van der Waals surface area contributed by atoms with Crippen LogP contribution in [0.4, 0.5) is 5.69 Å². The van der Waals surface area contributed by atoms with E-state index in [1.807, 2.05) is 56.3 Å². The fraction of sp³-hybridized carbons (Fsp3) is 0.182. The van der Waals surface area contributed by atoms with E-state index in [4.69, 9.17) is 0 Å². The van der Waals surface area contributed by atoms with Crippen molar-refractivity contribution in [2.24, 2.45) is 0 Å². The van der Waals surface area contributed by atoms with Crippen LogP contribution in [0.25, 0.3) is 21.9 Å². The predicted molar refractivity (Wildman–Crippen MR) is 122 cm³/mol. The van der Waals surface area contributed by atoms with Gasteiger partial charge in [0.2, 0.25) is 4.96 Å². The molecular weight excluding hydrogens is 464 g/mol. The second-order valence-electron chi connectivity index (χ2n) is 7.23. The predicted octanol–water partition coefficient (Wildman–Crippen LogP) is 3.56. The monoisotopic (exact) mass is 480 g/mol. The van der Waals surface area contributed by atoms with Gasteiger partial charge in [0.25, 0.3) is 11.5 Å². The van der Waals surface area contributed by atoms with Gasteiger partial charge in [0.1, 0.15) is 4.53 Å². The minimum absolute atomic E-state index is 0.148. The summed E-state index contributed by atoms with van der Waals surface area (Å²) < 4.78 is 2.54. The Morgan fingerprint density at radius 2 is 1.97 bits per heavy atom. The van der Waals surface area contributed by atoms with Crippen LogP contribution in [-0.4, -0.2) is 27.0 Å². The van der Waals surface area contributed by atoms with Gasteiger partial charge in [0, 0.05) is 22.1 Å². The molecule has 0 saturated carbocycles. The highest BCUT2D eigenvalue weighted by atomic mass is 79.9. The van der Waals surface area contributed by atoms with E-state index in [2.05, 4.69) is 26.0 Å². The first kappa shape index (κ1) is 19.1. The lowest BCUT2D eigenvalue weighted by molar-refractivity contribution is -0.113. The molecule has 0 atom stereocenters. The van der Waals surface area contributed by atoms with Crippen LogP contribution in [0.2, 0.25) is 0 Å². The van der Waals surface area contributed by atoms with Gasteiger partial charge in [-0.25, -0.2) is 0 Å². The van der Waals surface area contributed by atoms with Gasteiger partial charge in [0.15, 0.2) is 5.82 Å². The van der Waals surface area contributed by atoms with Crippen LogP contribution >= 0.6 is 27.3 Å². The standard InChI is InChI=1S/C22H17BrN4O2S/c1-3-9-26-16-8-7-14(23)11-15(16)17(20(26)28)18-21(29)27-22(30-18)24-19(25-27)13-6-4-5-12(2)10-13/h4-8,10-11H,3,9H2,1-2H3. The summed E-state index contributed by atoms with van der Waals surface area (Å²) in [5.41, 5.74) is 3.68. The third-order valence-electron chi connectivity index (χ3n) is 5.09. The van der Waals surface area contributed by atoms with Crippen LogP contribution in [0.1, 0.15) is 24.5 Å². The van der Waals surface area contributed by atoms with Gasteiger partial charge in [-0.1, -0.05) is 58.0 Å². The minimum atomic E-state index is -0.311. The minimum Gasteiger partial charge on any atom is -0.308 e. The highest BCUT2D eigenvalue weighted by molar-refractivity contribution is 9.10. The third-order valence-corrected chi connectivity index (χ3v) is 6.61. The molecule has 2 aromatic carbocycles. The van der Waals surface area contributed by atoms with Crippen LogP contribution in [0.3, 0.4) is 0 Å². The van der Waals surface area contributed by atoms with E-state index >= 15 is 0 Å². The molecule has 1 aliphatic rings. The summed E-state index contributed by atoms with van der Waals surface area (Å²) in [7, 11) is 0. The topological polar surface area (TPSA) is 67.6 Å². The van der Waals surface area contributed by atoms with Crippen molar-refractivity contribution in [1.82, 2.24) is 14.6 Å². The number of benzene rings is 2. The van der Waals surface area contributed by atoms with E-state index in [9.17, 15) is 9.59 Å². The third kappa shape index (κ3) is 2.90. The Hall–Kier alpha value is -2.84. The first-order chi connectivity index (χ1) is 14.5. The fourth-order valence-corrected chi connectivity index (χ4v) is 5.12. The van der Waals surface area contributed by atoms with E-state index in [-0.39, 0.29) is 11.5 Å². The molecule has 0 saturated heterocycles. The van der Waals surface area contributed by atoms with Crippen molar-refractivity contribution in [1.29, 1.82) is 0 Å². The molecule has 6 nitrogen and oxygen atoms in total. The van der Waals surface area contributed by atoms with Crippen LogP contribution in [0, 0.1) is 6.92 Å². The van der Waals surface area contributed by atoms with Crippen LogP contribution in [-0.2, 0) is 4.79 Å². The summed E-state index contributed by atoms with van der Waals surface area (Å²) in [5.74, 6) is 0.359. The van der Waals surface area contributed by atoms with Crippen molar-refractivity contribution in [2.75, 3.05) is 11.4 Å². The smallest absolute Gasteiger partial charge is 0.291 e. The molecule has 2 aromatic heterocycles. The number of nitrogens with zero attached hydrogens (tertiary/aromatic N) is 4. The second kappa shape index (κ2) is 7.14. The molecule has 0 bridgehead atoms. The number of hydrogen-bond donors (Lipinski definition) is 0. The van der Waals surface area contributed by atoms with Crippen LogP contribution < -0.4 is 15.0 Å². The van der Waals surface area contributed by atoms with Crippen molar-refractivity contribution < 1.29 is 4.79 Å². The van der Waals surface area contributed by atoms with Crippen molar-refractivity contribution in [3.8, 4) is 11.4 Å². The highest BCUT2D eigenvalue weighted by Gasteiger charge is 2.34. The Morgan fingerprint density at radius 3 is 2.70 bits per heavy atom. The first-order valence-electron chi connectivity index (χ1n) is 9.60. The number of carbonyl (C=O) groups is 1. The van der Waals surface area contributed by atoms with E-state index in [1.165, 1.54) is 15.9 Å². The van der Waals surface area contributed by atoms with Crippen LogP contribution in [0.15, 0.2) is 51.7 Å². The molecule has 30 heavy (non-hydrogen) atoms. The van der Waals surface area contributed by atoms with Gasteiger partial charge < -0.3 is 4.90 Å². The molecule has 0 N–H and O–H groups in total. The summed E-state index contributed by atoms with van der Waals surface area (Å²) in [4.78, 5) is 33.2. The van der Waals surface area contributed by atoms with E-state index in [0.29, 0.717) is 27.4 Å². The number of aryl methyl sites for hydroxylation is 1. The highest BCUT2D eigenvalue weighted by Crippen LogP contribution is 2.37. The maximum atomic E-state index is 13.2. The average molecular weight is 481 g/mol. The largest absolute Gasteiger partial charge is 0.308 e. The molecule has 8 heteroatoms. The molecule has 0 radical (unpaired) electrons. The van der Waals surface area contributed by atoms with Crippen molar-refractivity contribution in [2.45, 2.75) is 20.3 Å². The number of anilines is 1. The molecule has 3 heterocycles. The molecule has 1 amide bonds. The van der Waals surface area contributed by atoms with Crippen molar-refractivity contribution in [3.05, 3.63) is 73.0 Å². The number of fused-ring (bicyclic) bond motifs is 2. The summed E-state index contributed by atoms with van der Waals surface area (Å²) in [6, 6.07) is 13.6. The SMILES string of the molecule is CCCN1C(=O)C(=c2sc3nc(-c4cccc(C)c4)nn3c2=O)c2cc(Br)ccc21. The number of amides is 1. The zero-order chi connectivity index (χ0) is 21.0. The maximum absolute atomic E-state index is 13.2. The lowest BCUT2D eigenvalue weighted by Gasteiger charge is -2.15. The average Bonchev–Trinajstić information content (AvgIpc) is 3.34. The van der Waals surface area contributed by atoms with Crippen LogP contribution in [0.5, 0.6) is 0 Å². The quantitative estimate of drug-likeness (QED) is 0.449. The number of halogens is 1. The molecule has 0 unspecified atom stereocenters. The van der Waals surface area contributed by atoms with E-state index in [1.54, 1.807) is 4.90 Å². The van der Waals surface area contributed by atoms with Gasteiger partial charge in [-0.05, 0) is 37.6 Å². The molecule has 1 aliphatic heterocycles. The molecule has 150 valence electrons. The molecule has 0 fully saturated rings. The Bertz CT molecular complexity index is 1440. The fourth-order valence-electron chi connectivity index (χ4n) is 3.76. The van der Waals surface area contributed by atoms with Gasteiger partial charge in [0.05, 0.1) is 11.3 Å². The molecule has 5 rings (SSSR count). The summed E-state index contributed by atoms with van der Waals surface area (Å²) in [6.07, 6.45) is 0.827. The number of hydrogen-bond acceptors (Lipinski definition) is 5.